The fourth-order valence-electron chi connectivity index (χ4n) is 2.05. The summed E-state index contributed by atoms with van der Waals surface area (Å²) in [6.07, 6.45) is 1.06. The summed E-state index contributed by atoms with van der Waals surface area (Å²) in [4.78, 5) is 16.3. The number of carbonyl (C=O) groups excluding carboxylic acids is 1. The summed E-state index contributed by atoms with van der Waals surface area (Å²) < 4.78 is 25.7. The smallest absolute Gasteiger partial charge is 0.308 e. The Morgan fingerprint density at radius 2 is 1.92 bits per heavy atom. The van der Waals surface area contributed by atoms with Crippen molar-refractivity contribution in [1.82, 2.24) is 4.98 Å². The highest BCUT2D eigenvalue weighted by atomic mass is 35.5. The van der Waals surface area contributed by atoms with Crippen molar-refractivity contribution in [2.24, 2.45) is 0 Å². The minimum atomic E-state index is -3.39. The van der Waals surface area contributed by atoms with Gasteiger partial charge in [-0.2, -0.15) is 0 Å². The second kappa shape index (κ2) is 6.87. The van der Waals surface area contributed by atoms with Gasteiger partial charge in [-0.1, -0.05) is 35.1 Å². The fraction of sp³-hybridized carbons (Fsp3) is 0.0667. The average Bonchev–Trinajstić information content (AvgIpc) is 2.88. The zero-order chi connectivity index (χ0) is 18.0. The maximum atomic E-state index is 12.1. The molecule has 0 unspecified atom stereocenters. The van der Waals surface area contributed by atoms with E-state index in [0.29, 0.717) is 21.9 Å². The third kappa shape index (κ3) is 4.59. The first-order chi connectivity index (χ1) is 11.8. The number of fused-ring (bicyclic) bond motifs is 1. The molecular weight excluding hydrogens is 384 g/mol. The van der Waals surface area contributed by atoms with Gasteiger partial charge >= 0.3 is 6.03 Å². The Morgan fingerprint density at radius 3 is 2.64 bits per heavy atom. The highest BCUT2D eigenvalue weighted by Gasteiger charge is 2.10. The molecular formula is C15H13ClN4O3S2. The van der Waals surface area contributed by atoms with E-state index in [1.807, 2.05) is 0 Å². The third-order valence-electron chi connectivity index (χ3n) is 3.04. The second-order valence-corrected chi connectivity index (χ2v) is 8.32. The standard InChI is InChI=1S/C15H13ClN4O3S2/c1-25(22,23)20-15-19-12-8-9(6-7-13(12)24-15)17-14(21)18-11-5-3-2-4-10(11)16/h2-8H,1H3,(H,19,20)(H2,17,18,21). The average molecular weight is 397 g/mol. The largest absolute Gasteiger partial charge is 0.323 e. The number of thiazole rings is 1. The normalized spacial score (nSPS) is 11.3. The van der Waals surface area contributed by atoms with Crippen LogP contribution in [0.15, 0.2) is 42.5 Å². The Morgan fingerprint density at radius 1 is 1.16 bits per heavy atom. The zero-order valence-electron chi connectivity index (χ0n) is 12.9. The summed E-state index contributed by atoms with van der Waals surface area (Å²) in [6.45, 7) is 0. The van der Waals surface area contributed by atoms with Gasteiger partial charge in [-0.15, -0.1) is 0 Å². The van der Waals surface area contributed by atoms with Crippen molar-refractivity contribution in [3.63, 3.8) is 0 Å². The molecule has 0 aliphatic rings. The second-order valence-electron chi connectivity index (χ2n) is 5.13. The number of urea groups is 1. The molecule has 0 saturated carbocycles. The summed E-state index contributed by atoms with van der Waals surface area (Å²) >= 11 is 7.21. The lowest BCUT2D eigenvalue weighted by atomic mass is 10.3. The van der Waals surface area contributed by atoms with Crippen molar-refractivity contribution in [3.8, 4) is 0 Å². The van der Waals surface area contributed by atoms with E-state index in [4.69, 9.17) is 11.6 Å². The van der Waals surface area contributed by atoms with Gasteiger partial charge in [0.1, 0.15) is 0 Å². The van der Waals surface area contributed by atoms with Gasteiger partial charge in [0.2, 0.25) is 10.0 Å². The van der Waals surface area contributed by atoms with E-state index in [0.717, 1.165) is 11.0 Å². The number of halogens is 1. The van der Waals surface area contributed by atoms with Gasteiger partial charge in [-0.25, -0.2) is 18.2 Å². The number of rotatable bonds is 4. The van der Waals surface area contributed by atoms with Crippen molar-refractivity contribution >= 4 is 65.7 Å². The summed E-state index contributed by atoms with van der Waals surface area (Å²) in [5.74, 6) is 0. The summed E-state index contributed by atoms with van der Waals surface area (Å²) in [7, 11) is -3.39. The van der Waals surface area contributed by atoms with Crippen LogP contribution in [0.3, 0.4) is 0 Å². The summed E-state index contributed by atoms with van der Waals surface area (Å²) in [6, 6.07) is 11.6. The van der Waals surface area contributed by atoms with Crippen molar-refractivity contribution in [1.29, 1.82) is 0 Å². The molecule has 0 aliphatic carbocycles. The zero-order valence-corrected chi connectivity index (χ0v) is 15.3. The molecule has 0 fully saturated rings. The van der Waals surface area contributed by atoms with E-state index < -0.39 is 16.1 Å². The van der Waals surface area contributed by atoms with Gasteiger partial charge in [0.15, 0.2) is 5.13 Å². The van der Waals surface area contributed by atoms with Gasteiger partial charge in [0.05, 0.1) is 27.2 Å². The number of hydrogen-bond donors (Lipinski definition) is 3. The van der Waals surface area contributed by atoms with Crippen LogP contribution in [-0.2, 0) is 10.0 Å². The van der Waals surface area contributed by atoms with E-state index in [2.05, 4.69) is 20.3 Å². The molecule has 25 heavy (non-hydrogen) atoms. The predicted octanol–water partition coefficient (Wildman–Crippen LogP) is 3.97. The van der Waals surface area contributed by atoms with E-state index >= 15 is 0 Å². The van der Waals surface area contributed by atoms with Crippen LogP contribution in [0.2, 0.25) is 5.02 Å². The quantitative estimate of drug-likeness (QED) is 0.621. The van der Waals surface area contributed by atoms with Crippen molar-refractivity contribution in [2.75, 3.05) is 21.6 Å². The fourth-order valence-corrected chi connectivity index (χ4v) is 3.92. The Kier molecular flexibility index (Phi) is 4.80. The van der Waals surface area contributed by atoms with Gasteiger partial charge in [-0.05, 0) is 30.3 Å². The molecule has 1 heterocycles. The number of aromatic nitrogens is 1. The molecule has 0 atom stereocenters. The Labute approximate surface area is 153 Å². The van der Waals surface area contributed by atoms with Gasteiger partial charge in [0, 0.05) is 5.69 Å². The molecule has 0 spiro atoms. The van der Waals surface area contributed by atoms with Gasteiger partial charge < -0.3 is 10.6 Å². The third-order valence-corrected chi connectivity index (χ3v) is 5.01. The number of nitrogens with one attached hydrogen (secondary N) is 3. The number of sulfonamides is 1. The minimum absolute atomic E-state index is 0.273. The van der Waals surface area contributed by atoms with E-state index in [1.54, 1.807) is 42.5 Å². The Bertz CT molecular complexity index is 1050. The van der Waals surface area contributed by atoms with Crippen molar-refractivity contribution < 1.29 is 13.2 Å². The Hall–Kier alpha value is -2.36. The lowest BCUT2D eigenvalue weighted by molar-refractivity contribution is 0.262. The van der Waals surface area contributed by atoms with Crippen LogP contribution in [0.1, 0.15) is 0 Å². The van der Waals surface area contributed by atoms with Crippen molar-refractivity contribution in [2.45, 2.75) is 0 Å². The molecule has 2 aromatic carbocycles. The van der Waals surface area contributed by atoms with Crippen LogP contribution in [0, 0.1) is 0 Å². The molecule has 0 bridgehead atoms. The molecule has 1 aromatic heterocycles. The topological polar surface area (TPSA) is 100 Å². The lowest BCUT2D eigenvalue weighted by Crippen LogP contribution is -2.19. The van der Waals surface area contributed by atoms with Crippen LogP contribution < -0.4 is 15.4 Å². The summed E-state index contributed by atoms with van der Waals surface area (Å²) in [5, 5.41) is 6.04. The molecule has 0 aliphatic heterocycles. The Balaban J connectivity index is 1.75. The first-order valence-corrected chi connectivity index (χ1v) is 10.1. The number of carbonyl (C=O) groups is 1. The number of nitrogens with zero attached hydrogens (tertiary/aromatic N) is 1. The summed E-state index contributed by atoms with van der Waals surface area (Å²) in [5.41, 5.74) is 1.59. The number of para-hydroxylation sites is 1. The lowest BCUT2D eigenvalue weighted by Gasteiger charge is -2.08. The van der Waals surface area contributed by atoms with E-state index in [1.165, 1.54) is 11.3 Å². The monoisotopic (exact) mass is 396 g/mol. The van der Waals surface area contributed by atoms with Crippen LogP contribution in [-0.4, -0.2) is 25.7 Å². The molecule has 3 N–H and O–H groups in total. The number of anilines is 3. The van der Waals surface area contributed by atoms with E-state index in [9.17, 15) is 13.2 Å². The molecule has 3 rings (SSSR count). The SMILES string of the molecule is CS(=O)(=O)Nc1nc2cc(NC(=O)Nc3ccccc3Cl)ccc2s1. The first kappa shape index (κ1) is 17.5. The number of hydrogen-bond acceptors (Lipinski definition) is 5. The van der Waals surface area contributed by atoms with Crippen molar-refractivity contribution in [3.05, 3.63) is 47.5 Å². The molecule has 3 aromatic rings. The highest BCUT2D eigenvalue weighted by molar-refractivity contribution is 7.92. The maximum absolute atomic E-state index is 12.1. The first-order valence-electron chi connectivity index (χ1n) is 7.01. The van der Waals surface area contributed by atoms with Crippen LogP contribution in [0.25, 0.3) is 10.2 Å². The molecule has 10 heteroatoms. The molecule has 130 valence electrons. The van der Waals surface area contributed by atoms with Gasteiger partial charge in [0.25, 0.3) is 0 Å². The van der Waals surface area contributed by atoms with Crippen LogP contribution >= 0.6 is 22.9 Å². The van der Waals surface area contributed by atoms with E-state index in [-0.39, 0.29) is 5.13 Å². The number of benzene rings is 2. The molecule has 0 radical (unpaired) electrons. The minimum Gasteiger partial charge on any atom is -0.308 e. The van der Waals surface area contributed by atoms with Crippen LogP contribution in [0.5, 0.6) is 0 Å². The van der Waals surface area contributed by atoms with Crippen LogP contribution in [0.4, 0.5) is 21.3 Å². The highest BCUT2D eigenvalue weighted by Crippen LogP contribution is 2.28. The number of amides is 2. The molecule has 2 amide bonds. The molecule has 0 saturated heterocycles. The predicted molar refractivity (Wildman–Crippen MR) is 102 cm³/mol. The maximum Gasteiger partial charge on any atom is 0.323 e. The molecule has 7 nitrogen and oxygen atoms in total. The van der Waals surface area contributed by atoms with Gasteiger partial charge in [-0.3, -0.25) is 4.72 Å².